The highest BCUT2D eigenvalue weighted by Crippen LogP contribution is 2.33. The van der Waals surface area contributed by atoms with Gasteiger partial charge in [0.05, 0.1) is 21.6 Å². The van der Waals surface area contributed by atoms with Gasteiger partial charge in [0.15, 0.2) is 4.80 Å². The summed E-state index contributed by atoms with van der Waals surface area (Å²) in [5.74, 6) is -0.613. The minimum atomic E-state index is -0.831. The monoisotopic (exact) mass is 527 g/mol. The molecule has 2 heterocycles. The normalized spacial score (nSPS) is 15.7. The van der Waals surface area contributed by atoms with Crippen molar-refractivity contribution in [1.82, 2.24) is 4.57 Å². The molecule has 1 aliphatic rings. The number of fused-ring (bicyclic) bond motifs is 1. The quantitative estimate of drug-likeness (QED) is 0.286. The molecule has 0 fully saturated rings. The van der Waals surface area contributed by atoms with E-state index >= 15 is 0 Å². The SMILES string of the molecule is CCOC(=O)C1=C(C)n2c(s/c(=C\c3ccc(Br)cc3)c2=O)=N[C@H]1c1cccc([N+](=O)[O-])c1. The Morgan fingerprint density at radius 1 is 1.30 bits per heavy atom. The molecule has 1 aromatic heterocycles. The highest BCUT2D eigenvalue weighted by molar-refractivity contribution is 9.10. The van der Waals surface area contributed by atoms with E-state index in [0.717, 1.165) is 10.0 Å². The average Bonchev–Trinajstić information content (AvgIpc) is 3.10. The molecule has 4 rings (SSSR count). The van der Waals surface area contributed by atoms with Crippen molar-refractivity contribution in [3.05, 3.63) is 99.5 Å². The zero-order chi connectivity index (χ0) is 23.7. The first kappa shape index (κ1) is 22.8. The maximum Gasteiger partial charge on any atom is 0.338 e. The topological polar surface area (TPSA) is 104 Å². The van der Waals surface area contributed by atoms with Gasteiger partial charge in [-0.05, 0) is 43.2 Å². The van der Waals surface area contributed by atoms with E-state index in [9.17, 15) is 19.7 Å². The van der Waals surface area contributed by atoms with Crippen LogP contribution in [0, 0.1) is 10.1 Å². The lowest BCUT2D eigenvalue weighted by atomic mass is 9.96. The third-order valence-electron chi connectivity index (χ3n) is 5.10. The molecule has 0 saturated heterocycles. The molecule has 0 aliphatic carbocycles. The van der Waals surface area contributed by atoms with Crippen molar-refractivity contribution in [2.75, 3.05) is 6.61 Å². The molecule has 0 saturated carbocycles. The number of nitro benzene ring substituents is 1. The highest BCUT2D eigenvalue weighted by atomic mass is 79.9. The number of allylic oxidation sites excluding steroid dienone is 1. The number of hydrogen-bond donors (Lipinski definition) is 0. The lowest BCUT2D eigenvalue weighted by Crippen LogP contribution is -2.35. The molecule has 8 nitrogen and oxygen atoms in total. The van der Waals surface area contributed by atoms with Crippen LogP contribution in [0.15, 0.2) is 68.4 Å². The summed E-state index contributed by atoms with van der Waals surface area (Å²) in [6, 6.07) is 12.7. The summed E-state index contributed by atoms with van der Waals surface area (Å²) in [5, 5.41) is 11.3. The number of thiazole rings is 1. The summed E-state index contributed by atoms with van der Waals surface area (Å²) in [6.07, 6.45) is 1.76. The number of halogens is 1. The van der Waals surface area contributed by atoms with Gasteiger partial charge in [-0.25, -0.2) is 9.79 Å². The number of non-ortho nitro benzene ring substituents is 1. The standard InChI is InChI=1S/C23H18BrN3O5S/c1-3-32-22(29)19-13(2)26-21(28)18(11-14-7-9-16(24)10-8-14)33-23(26)25-20(19)15-5-4-6-17(12-15)27(30)31/h4-12,20H,3H2,1-2H3/b18-11-/t20-/m0/s1. The minimum absolute atomic E-state index is 0.109. The summed E-state index contributed by atoms with van der Waals surface area (Å²) < 4.78 is 8.02. The van der Waals surface area contributed by atoms with E-state index in [1.807, 2.05) is 24.3 Å². The van der Waals surface area contributed by atoms with E-state index in [1.165, 1.54) is 28.0 Å². The number of esters is 1. The molecule has 0 spiro atoms. The molecule has 0 unspecified atom stereocenters. The van der Waals surface area contributed by atoms with Crippen LogP contribution in [0.5, 0.6) is 0 Å². The molecule has 3 aromatic rings. The Balaban J connectivity index is 1.95. The van der Waals surface area contributed by atoms with E-state index in [2.05, 4.69) is 20.9 Å². The van der Waals surface area contributed by atoms with E-state index in [1.54, 1.807) is 32.1 Å². The Kier molecular flexibility index (Phi) is 6.39. The Labute approximate surface area is 200 Å². The van der Waals surface area contributed by atoms with Crippen LogP contribution in [0.25, 0.3) is 11.8 Å². The van der Waals surface area contributed by atoms with E-state index in [0.29, 0.717) is 20.6 Å². The second-order valence-electron chi connectivity index (χ2n) is 7.19. The van der Waals surface area contributed by atoms with Crippen molar-refractivity contribution in [1.29, 1.82) is 0 Å². The smallest absolute Gasteiger partial charge is 0.338 e. The molecule has 0 amide bonds. The van der Waals surface area contributed by atoms with Gasteiger partial charge in [0.2, 0.25) is 0 Å². The molecular formula is C23H18BrN3O5S. The molecule has 0 radical (unpaired) electrons. The summed E-state index contributed by atoms with van der Waals surface area (Å²) >= 11 is 4.59. The number of carbonyl (C=O) groups excluding carboxylic acids is 1. The number of nitrogens with zero attached hydrogens (tertiary/aromatic N) is 3. The number of ether oxygens (including phenoxy) is 1. The highest BCUT2D eigenvalue weighted by Gasteiger charge is 2.32. The van der Waals surface area contributed by atoms with E-state index in [4.69, 9.17) is 4.74 Å². The van der Waals surface area contributed by atoms with Crippen LogP contribution in [0.2, 0.25) is 0 Å². The van der Waals surface area contributed by atoms with Gasteiger partial charge in [-0.2, -0.15) is 0 Å². The van der Waals surface area contributed by atoms with Gasteiger partial charge < -0.3 is 4.74 Å². The van der Waals surface area contributed by atoms with Crippen LogP contribution in [0.4, 0.5) is 5.69 Å². The molecule has 0 bridgehead atoms. The Bertz CT molecular complexity index is 1470. The zero-order valence-corrected chi connectivity index (χ0v) is 20.1. The number of rotatable bonds is 5. The van der Waals surface area contributed by atoms with Crippen LogP contribution in [0.3, 0.4) is 0 Å². The van der Waals surface area contributed by atoms with E-state index < -0.39 is 16.9 Å². The fourth-order valence-corrected chi connectivity index (χ4v) is 4.88. The molecule has 33 heavy (non-hydrogen) atoms. The summed E-state index contributed by atoms with van der Waals surface area (Å²) in [7, 11) is 0. The number of benzene rings is 2. The van der Waals surface area contributed by atoms with Crippen molar-refractivity contribution < 1.29 is 14.5 Å². The largest absolute Gasteiger partial charge is 0.463 e. The second-order valence-corrected chi connectivity index (χ2v) is 9.11. The van der Waals surface area contributed by atoms with Crippen LogP contribution in [-0.2, 0) is 9.53 Å². The molecule has 10 heteroatoms. The van der Waals surface area contributed by atoms with Gasteiger partial charge in [0.25, 0.3) is 11.2 Å². The van der Waals surface area contributed by atoms with Crippen molar-refractivity contribution in [3.8, 4) is 0 Å². The molecular weight excluding hydrogens is 510 g/mol. The van der Waals surface area contributed by atoms with Crippen molar-refractivity contribution in [2.24, 2.45) is 4.99 Å². The second kappa shape index (κ2) is 9.24. The van der Waals surface area contributed by atoms with Gasteiger partial charge in [-0.1, -0.05) is 51.5 Å². The van der Waals surface area contributed by atoms with Crippen LogP contribution >= 0.6 is 27.3 Å². The number of aromatic nitrogens is 1. The fraction of sp³-hybridized carbons (Fsp3) is 0.174. The van der Waals surface area contributed by atoms with E-state index in [-0.39, 0.29) is 23.4 Å². The predicted octanol–water partition coefficient (Wildman–Crippen LogP) is 3.58. The average molecular weight is 528 g/mol. The Hall–Kier alpha value is -3.37. The van der Waals surface area contributed by atoms with Gasteiger partial charge in [0, 0.05) is 22.3 Å². The van der Waals surface area contributed by atoms with Crippen molar-refractivity contribution in [2.45, 2.75) is 19.9 Å². The Morgan fingerprint density at radius 2 is 2.03 bits per heavy atom. The maximum absolute atomic E-state index is 13.2. The molecule has 2 aromatic carbocycles. The summed E-state index contributed by atoms with van der Waals surface area (Å²) in [5.41, 5.74) is 1.49. The van der Waals surface area contributed by atoms with Crippen LogP contribution < -0.4 is 14.9 Å². The lowest BCUT2D eigenvalue weighted by molar-refractivity contribution is -0.384. The third kappa shape index (κ3) is 4.44. The fourth-order valence-electron chi connectivity index (χ4n) is 3.58. The van der Waals surface area contributed by atoms with Gasteiger partial charge in [-0.3, -0.25) is 19.5 Å². The molecule has 1 aliphatic heterocycles. The Morgan fingerprint density at radius 3 is 2.70 bits per heavy atom. The van der Waals surface area contributed by atoms with Gasteiger partial charge in [0.1, 0.15) is 6.04 Å². The molecule has 1 atom stereocenters. The predicted molar refractivity (Wildman–Crippen MR) is 128 cm³/mol. The van der Waals surface area contributed by atoms with Crippen molar-refractivity contribution in [3.63, 3.8) is 0 Å². The first-order valence-electron chi connectivity index (χ1n) is 9.99. The lowest BCUT2D eigenvalue weighted by Gasteiger charge is -2.22. The zero-order valence-electron chi connectivity index (χ0n) is 17.6. The molecule has 168 valence electrons. The van der Waals surface area contributed by atoms with Gasteiger partial charge >= 0.3 is 5.97 Å². The first-order chi connectivity index (χ1) is 15.8. The minimum Gasteiger partial charge on any atom is -0.463 e. The van der Waals surface area contributed by atoms with Crippen LogP contribution in [0.1, 0.15) is 31.0 Å². The van der Waals surface area contributed by atoms with Crippen molar-refractivity contribution >= 4 is 50.7 Å². The first-order valence-corrected chi connectivity index (χ1v) is 11.6. The van der Waals surface area contributed by atoms with Gasteiger partial charge in [-0.15, -0.1) is 0 Å². The number of hydrogen-bond acceptors (Lipinski definition) is 7. The maximum atomic E-state index is 13.2. The summed E-state index contributed by atoms with van der Waals surface area (Å²) in [4.78, 5) is 41.9. The molecule has 0 N–H and O–H groups in total. The number of nitro groups is 1. The summed E-state index contributed by atoms with van der Waals surface area (Å²) in [6.45, 7) is 3.49. The third-order valence-corrected chi connectivity index (χ3v) is 6.62. The number of carbonyl (C=O) groups is 1. The van der Waals surface area contributed by atoms with Crippen LogP contribution in [-0.4, -0.2) is 22.1 Å².